The number of nitrogens with one attached hydrogen (secondary N) is 1. The van der Waals surface area contributed by atoms with Crippen LogP contribution in [0.2, 0.25) is 0 Å². The Morgan fingerprint density at radius 1 is 1.55 bits per heavy atom. The lowest BCUT2D eigenvalue weighted by Crippen LogP contribution is -2.39. The molecule has 20 heavy (non-hydrogen) atoms. The topological polar surface area (TPSA) is 50.2 Å². The second-order valence-corrected chi connectivity index (χ2v) is 5.92. The molecule has 0 unspecified atom stereocenters. The molecule has 5 heteroatoms. The van der Waals surface area contributed by atoms with Gasteiger partial charge in [-0.2, -0.15) is 5.10 Å². The largest absolute Gasteiger partial charge is 0.323 e. The Balaban J connectivity index is 2.07. The van der Waals surface area contributed by atoms with Gasteiger partial charge >= 0.3 is 6.03 Å². The van der Waals surface area contributed by atoms with Gasteiger partial charge in [0.2, 0.25) is 0 Å². The van der Waals surface area contributed by atoms with E-state index in [9.17, 15) is 4.79 Å². The summed E-state index contributed by atoms with van der Waals surface area (Å²) in [5.41, 5.74) is 0.931. The zero-order valence-electron chi connectivity index (χ0n) is 13.0. The van der Waals surface area contributed by atoms with Crippen molar-refractivity contribution in [3.8, 4) is 0 Å². The van der Waals surface area contributed by atoms with Crippen molar-refractivity contribution in [1.82, 2.24) is 14.7 Å². The molecule has 0 aliphatic carbocycles. The second-order valence-electron chi connectivity index (χ2n) is 5.92. The molecule has 2 heterocycles. The Kier molecular flexibility index (Phi) is 4.68. The number of aryl methyl sites for hydroxylation is 1. The molecule has 112 valence electrons. The summed E-state index contributed by atoms with van der Waals surface area (Å²) in [6, 6.07) is 2.59. The van der Waals surface area contributed by atoms with Gasteiger partial charge in [-0.15, -0.1) is 0 Å². The number of hydrogen-bond donors (Lipinski definition) is 1. The maximum Gasteiger partial charge on any atom is 0.323 e. The van der Waals surface area contributed by atoms with Gasteiger partial charge in [0.05, 0.1) is 5.69 Å². The van der Waals surface area contributed by atoms with Crippen LogP contribution in [0, 0.1) is 6.92 Å². The zero-order chi connectivity index (χ0) is 14.7. The maximum atomic E-state index is 12.5. The maximum absolute atomic E-state index is 12.5. The zero-order valence-corrected chi connectivity index (χ0v) is 13.0. The summed E-state index contributed by atoms with van der Waals surface area (Å²) in [6.45, 7) is 9.12. The van der Waals surface area contributed by atoms with Gasteiger partial charge in [0.15, 0.2) is 0 Å². The third-order valence-corrected chi connectivity index (χ3v) is 3.84. The van der Waals surface area contributed by atoms with Gasteiger partial charge in [0, 0.05) is 24.7 Å². The highest BCUT2D eigenvalue weighted by Crippen LogP contribution is 2.23. The standard InChI is InChI=1S/C15H26N4O/c1-5-7-13-8-6-9-18(13)15(20)16-14-10-12(4)17-19(14)11(2)3/h10-11,13H,5-9H2,1-4H3,(H,16,20)/t13-/m1/s1. The lowest BCUT2D eigenvalue weighted by atomic mass is 10.1. The molecule has 1 fully saturated rings. The van der Waals surface area contributed by atoms with E-state index in [4.69, 9.17) is 0 Å². The number of hydrogen-bond acceptors (Lipinski definition) is 2. The molecular formula is C15H26N4O. The van der Waals surface area contributed by atoms with Gasteiger partial charge in [0.25, 0.3) is 0 Å². The van der Waals surface area contributed by atoms with E-state index in [1.54, 1.807) is 0 Å². The Morgan fingerprint density at radius 3 is 2.95 bits per heavy atom. The van der Waals surface area contributed by atoms with Gasteiger partial charge in [-0.25, -0.2) is 9.48 Å². The summed E-state index contributed by atoms with van der Waals surface area (Å²) in [4.78, 5) is 14.4. The van der Waals surface area contributed by atoms with E-state index in [0.717, 1.165) is 43.7 Å². The van der Waals surface area contributed by atoms with Crippen molar-refractivity contribution in [3.05, 3.63) is 11.8 Å². The number of urea groups is 1. The SMILES string of the molecule is CCC[C@@H]1CCCN1C(=O)Nc1cc(C)nn1C(C)C. The van der Waals surface area contributed by atoms with Crippen LogP contribution < -0.4 is 5.32 Å². The number of amides is 2. The molecule has 1 N–H and O–H groups in total. The molecule has 2 rings (SSSR count). The first-order valence-corrected chi connectivity index (χ1v) is 7.66. The first-order chi connectivity index (χ1) is 9.52. The minimum absolute atomic E-state index is 0.0164. The highest BCUT2D eigenvalue weighted by Gasteiger charge is 2.28. The Morgan fingerprint density at radius 2 is 2.30 bits per heavy atom. The number of aromatic nitrogens is 2. The van der Waals surface area contributed by atoms with Crippen LogP contribution in [-0.2, 0) is 0 Å². The predicted molar refractivity (Wildman–Crippen MR) is 81.0 cm³/mol. The summed E-state index contributed by atoms with van der Waals surface area (Å²) in [7, 11) is 0. The van der Waals surface area contributed by atoms with Crippen molar-refractivity contribution in [2.75, 3.05) is 11.9 Å². The highest BCUT2D eigenvalue weighted by molar-refractivity contribution is 5.89. The van der Waals surface area contributed by atoms with Gasteiger partial charge in [-0.1, -0.05) is 13.3 Å². The van der Waals surface area contributed by atoms with E-state index in [1.165, 1.54) is 0 Å². The summed E-state index contributed by atoms with van der Waals surface area (Å²) in [5, 5.41) is 7.46. The predicted octanol–water partition coefficient (Wildman–Crippen LogP) is 3.57. The summed E-state index contributed by atoms with van der Waals surface area (Å²) < 4.78 is 1.87. The van der Waals surface area contributed by atoms with Crippen LogP contribution in [0.1, 0.15) is 58.2 Å². The summed E-state index contributed by atoms with van der Waals surface area (Å²) in [6.07, 6.45) is 4.46. The van der Waals surface area contributed by atoms with E-state index in [-0.39, 0.29) is 12.1 Å². The van der Waals surface area contributed by atoms with Gasteiger partial charge in [0.1, 0.15) is 5.82 Å². The molecule has 1 saturated heterocycles. The van der Waals surface area contributed by atoms with Crippen LogP contribution in [0.15, 0.2) is 6.07 Å². The van der Waals surface area contributed by atoms with E-state index in [0.29, 0.717) is 6.04 Å². The van der Waals surface area contributed by atoms with Crippen LogP contribution in [0.25, 0.3) is 0 Å². The van der Waals surface area contributed by atoms with E-state index >= 15 is 0 Å². The lowest BCUT2D eigenvalue weighted by Gasteiger charge is -2.25. The molecule has 0 spiro atoms. The number of anilines is 1. The van der Waals surface area contributed by atoms with E-state index in [1.807, 2.05) is 22.6 Å². The van der Waals surface area contributed by atoms with Crippen LogP contribution >= 0.6 is 0 Å². The van der Waals surface area contributed by atoms with Crippen molar-refractivity contribution >= 4 is 11.8 Å². The molecule has 0 radical (unpaired) electrons. The number of carbonyl (C=O) groups excluding carboxylic acids is 1. The molecule has 5 nitrogen and oxygen atoms in total. The number of carbonyl (C=O) groups is 1. The normalized spacial score (nSPS) is 18.9. The number of nitrogens with zero attached hydrogens (tertiary/aromatic N) is 3. The Bertz CT molecular complexity index is 466. The average molecular weight is 278 g/mol. The van der Waals surface area contributed by atoms with Crippen LogP contribution in [0.5, 0.6) is 0 Å². The summed E-state index contributed by atoms with van der Waals surface area (Å²) in [5.74, 6) is 0.796. The van der Waals surface area contributed by atoms with Gasteiger partial charge in [-0.3, -0.25) is 5.32 Å². The molecule has 1 aliphatic heterocycles. The summed E-state index contributed by atoms with van der Waals surface area (Å²) >= 11 is 0. The van der Waals surface area contributed by atoms with Crippen LogP contribution in [-0.4, -0.2) is 33.3 Å². The fourth-order valence-corrected chi connectivity index (χ4v) is 2.92. The average Bonchev–Trinajstić information content (AvgIpc) is 2.96. The molecule has 1 aromatic heterocycles. The molecular weight excluding hydrogens is 252 g/mol. The highest BCUT2D eigenvalue weighted by atomic mass is 16.2. The molecule has 0 saturated carbocycles. The van der Waals surface area contributed by atoms with Crippen molar-refractivity contribution in [2.24, 2.45) is 0 Å². The monoisotopic (exact) mass is 278 g/mol. The van der Waals surface area contributed by atoms with Crippen molar-refractivity contribution < 1.29 is 4.79 Å². The lowest BCUT2D eigenvalue weighted by molar-refractivity contribution is 0.203. The fourth-order valence-electron chi connectivity index (χ4n) is 2.92. The van der Waals surface area contributed by atoms with Crippen molar-refractivity contribution in [1.29, 1.82) is 0 Å². The molecule has 2 amide bonds. The number of likely N-dealkylation sites (tertiary alicyclic amines) is 1. The first kappa shape index (κ1) is 14.9. The third-order valence-electron chi connectivity index (χ3n) is 3.84. The third kappa shape index (κ3) is 3.14. The second kappa shape index (κ2) is 6.29. The fraction of sp³-hybridized carbons (Fsp3) is 0.733. The van der Waals surface area contributed by atoms with Crippen LogP contribution in [0.3, 0.4) is 0 Å². The minimum Gasteiger partial charge on any atom is -0.322 e. The molecule has 1 aromatic rings. The molecule has 1 aliphatic rings. The van der Waals surface area contributed by atoms with Crippen molar-refractivity contribution in [3.63, 3.8) is 0 Å². The molecule has 1 atom stereocenters. The molecule has 0 bridgehead atoms. The molecule has 0 aromatic carbocycles. The van der Waals surface area contributed by atoms with Gasteiger partial charge in [-0.05, 0) is 40.0 Å². The Labute approximate surface area is 121 Å². The Hall–Kier alpha value is -1.52. The smallest absolute Gasteiger partial charge is 0.322 e. The van der Waals surface area contributed by atoms with Gasteiger partial charge < -0.3 is 4.90 Å². The van der Waals surface area contributed by atoms with Crippen LogP contribution in [0.4, 0.5) is 10.6 Å². The minimum atomic E-state index is 0.0164. The van der Waals surface area contributed by atoms with E-state index in [2.05, 4.69) is 31.2 Å². The van der Waals surface area contributed by atoms with E-state index < -0.39 is 0 Å². The van der Waals surface area contributed by atoms with Crippen molar-refractivity contribution in [2.45, 2.75) is 65.5 Å². The first-order valence-electron chi connectivity index (χ1n) is 7.66. The quantitative estimate of drug-likeness (QED) is 0.915. The number of rotatable bonds is 4.